The third-order valence-corrected chi connectivity index (χ3v) is 0.345. The van der Waals surface area contributed by atoms with E-state index in [2.05, 4.69) is 20.1 Å². The Morgan fingerprint density at radius 2 is 1.30 bits per heavy atom. The van der Waals surface area contributed by atoms with Crippen molar-refractivity contribution >= 4 is 12.2 Å². The van der Waals surface area contributed by atoms with Gasteiger partial charge in [-0.2, -0.15) is 0 Å². The second-order valence-corrected chi connectivity index (χ2v) is 0.886. The number of azo groups is 1. The molecule has 0 saturated heterocycles. The quantitative estimate of drug-likeness (QED) is 0.495. The zero-order chi connectivity index (χ0) is 7.98. The Morgan fingerprint density at radius 1 is 1.00 bits per heavy atom. The lowest BCUT2D eigenvalue weighted by Crippen LogP contribution is -1.91. The summed E-state index contributed by atoms with van der Waals surface area (Å²) in [7, 11) is 0. The van der Waals surface area contributed by atoms with Crippen molar-refractivity contribution in [3.63, 3.8) is 0 Å². The van der Waals surface area contributed by atoms with Crippen molar-refractivity contribution < 1.29 is 28.5 Å². The molecule has 0 fully saturated rings. The third-order valence-electron chi connectivity index (χ3n) is 0.345. The predicted molar refractivity (Wildman–Crippen MR) is 20.0 cm³/mol. The van der Waals surface area contributed by atoms with Gasteiger partial charge in [-0.05, 0) is 0 Å². The van der Waals surface area contributed by atoms with Crippen molar-refractivity contribution in [2.24, 2.45) is 10.2 Å². The Bertz CT molecular complexity index is 151. The van der Waals surface area contributed by atoms with Crippen LogP contribution in [0.4, 0.5) is 18.6 Å². The number of carbonyl (C=O) groups is 2. The maximum absolute atomic E-state index is 10.7. The summed E-state index contributed by atoms with van der Waals surface area (Å²) in [5, 5.41) is 4.38. The fraction of sp³-hybridized carbons (Fsp3) is 0. The van der Waals surface area contributed by atoms with Gasteiger partial charge in [-0.15, -0.1) is 0 Å². The van der Waals surface area contributed by atoms with E-state index in [9.17, 15) is 18.6 Å². The number of carbonyl (C=O) groups excluding carboxylic acids is 2. The molecule has 8 heteroatoms. The van der Waals surface area contributed by atoms with Gasteiger partial charge in [0, 0.05) is 9.05 Å². The lowest BCUT2D eigenvalue weighted by molar-refractivity contribution is -0.0626. The summed E-state index contributed by atoms with van der Waals surface area (Å²) in [6, 6.07) is 0. The molecule has 0 aromatic rings. The highest BCUT2D eigenvalue weighted by molar-refractivity contribution is 5.72. The second kappa shape index (κ2) is 4.30. The number of hydrogen-bond donors (Lipinski definition) is 0. The van der Waals surface area contributed by atoms with Gasteiger partial charge in [-0.3, -0.25) is 0 Å². The van der Waals surface area contributed by atoms with Gasteiger partial charge in [0.25, 0.3) is 0 Å². The SMILES string of the molecule is O=C(N=NC(=O)OF)OF. The number of nitrogens with zero attached hydrogens (tertiary/aromatic N) is 2. The average Bonchev–Trinajstić information content (AvgIpc) is 1.99. The molecule has 2 amide bonds. The van der Waals surface area contributed by atoms with Gasteiger partial charge in [-0.25, -0.2) is 19.5 Å². The van der Waals surface area contributed by atoms with Crippen molar-refractivity contribution in [1.29, 1.82) is 0 Å². The normalized spacial score (nSPS) is 9.40. The monoisotopic (exact) mass is 154 g/mol. The highest BCUT2D eigenvalue weighted by Gasteiger charge is 2.02. The maximum Gasteiger partial charge on any atom is 0.488 e. The summed E-state index contributed by atoms with van der Waals surface area (Å²) in [5.74, 6) is 0. The minimum Gasteiger partial charge on any atom is -0.227 e. The van der Waals surface area contributed by atoms with Gasteiger partial charge in [0.1, 0.15) is 0 Å². The third kappa shape index (κ3) is 3.41. The molecule has 56 valence electrons. The minimum absolute atomic E-state index is 1.77. The van der Waals surface area contributed by atoms with E-state index in [0.717, 1.165) is 0 Å². The van der Waals surface area contributed by atoms with E-state index in [4.69, 9.17) is 0 Å². The second-order valence-electron chi connectivity index (χ2n) is 0.886. The Kier molecular flexibility index (Phi) is 3.61. The molecule has 0 heterocycles. The zero-order valence-corrected chi connectivity index (χ0v) is 4.28. The van der Waals surface area contributed by atoms with Gasteiger partial charge in [-0.1, -0.05) is 10.2 Å². The minimum atomic E-state index is -1.77. The van der Waals surface area contributed by atoms with E-state index in [-0.39, 0.29) is 0 Å². The van der Waals surface area contributed by atoms with Gasteiger partial charge in [0.05, 0.1) is 0 Å². The van der Waals surface area contributed by atoms with Crippen LogP contribution in [0.5, 0.6) is 0 Å². The molecule has 0 aliphatic carbocycles. The summed E-state index contributed by atoms with van der Waals surface area (Å²) in [4.78, 5) is 24.1. The van der Waals surface area contributed by atoms with E-state index >= 15 is 0 Å². The van der Waals surface area contributed by atoms with Crippen molar-refractivity contribution in [2.75, 3.05) is 0 Å². The Labute approximate surface area is 52.2 Å². The molecular formula is C2F2N2O4. The average molecular weight is 154 g/mol. The summed E-state index contributed by atoms with van der Waals surface area (Å²) in [6.45, 7) is 0. The van der Waals surface area contributed by atoms with Crippen LogP contribution in [0.15, 0.2) is 10.2 Å². The molecule has 0 bridgehead atoms. The Hall–Kier alpha value is -1.60. The van der Waals surface area contributed by atoms with Crippen LogP contribution in [0.2, 0.25) is 0 Å². The van der Waals surface area contributed by atoms with Crippen LogP contribution >= 0.6 is 0 Å². The van der Waals surface area contributed by atoms with E-state index < -0.39 is 12.2 Å². The number of hydrogen-bond acceptors (Lipinski definition) is 4. The summed E-state index contributed by atoms with van der Waals surface area (Å²) in [5.41, 5.74) is 0. The fourth-order valence-electron chi connectivity index (χ4n) is 0.113. The first-order valence-electron chi connectivity index (χ1n) is 1.77. The molecule has 0 saturated carbocycles. The Morgan fingerprint density at radius 3 is 1.50 bits per heavy atom. The molecule has 10 heavy (non-hydrogen) atoms. The zero-order valence-electron chi connectivity index (χ0n) is 4.28. The fourth-order valence-corrected chi connectivity index (χ4v) is 0.113. The summed E-state index contributed by atoms with van der Waals surface area (Å²) in [6.07, 6.45) is -3.55. The lowest BCUT2D eigenvalue weighted by atomic mass is 11.2. The van der Waals surface area contributed by atoms with Crippen LogP contribution < -0.4 is 0 Å². The van der Waals surface area contributed by atoms with Crippen LogP contribution in [-0.2, 0) is 9.88 Å². The molecule has 0 radical (unpaired) electrons. The van der Waals surface area contributed by atoms with Gasteiger partial charge < -0.3 is 0 Å². The largest absolute Gasteiger partial charge is 0.488 e. The standard InChI is InChI=1S/C2F2N2O4/c3-9-1(7)5-6-2(8)10-4. The van der Waals surface area contributed by atoms with E-state index in [0.29, 0.717) is 0 Å². The van der Waals surface area contributed by atoms with Gasteiger partial charge >= 0.3 is 12.2 Å². The first-order valence-corrected chi connectivity index (χ1v) is 1.77. The summed E-state index contributed by atoms with van der Waals surface area (Å²) >= 11 is 0. The number of amides is 2. The molecular weight excluding hydrogens is 154 g/mol. The van der Waals surface area contributed by atoms with Gasteiger partial charge in [0.2, 0.25) is 0 Å². The van der Waals surface area contributed by atoms with E-state index in [1.54, 1.807) is 0 Å². The van der Waals surface area contributed by atoms with Crippen molar-refractivity contribution in [3.8, 4) is 0 Å². The molecule has 0 unspecified atom stereocenters. The van der Waals surface area contributed by atoms with Crippen LogP contribution in [0, 0.1) is 0 Å². The molecule has 0 aliphatic rings. The lowest BCUT2D eigenvalue weighted by Gasteiger charge is -1.79. The van der Waals surface area contributed by atoms with E-state index in [1.807, 2.05) is 0 Å². The van der Waals surface area contributed by atoms with Crippen molar-refractivity contribution in [1.82, 2.24) is 0 Å². The smallest absolute Gasteiger partial charge is 0.227 e. The highest BCUT2D eigenvalue weighted by atomic mass is 19.3. The topological polar surface area (TPSA) is 77.3 Å². The van der Waals surface area contributed by atoms with E-state index in [1.165, 1.54) is 0 Å². The van der Waals surface area contributed by atoms with Crippen molar-refractivity contribution in [3.05, 3.63) is 0 Å². The highest BCUT2D eigenvalue weighted by Crippen LogP contribution is 1.89. The first kappa shape index (κ1) is 8.40. The molecule has 0 aliphatic heterocycles. The maximum atomic E-state index is 10.7. The molecule has 6 nitrogen and oxygen atoms in total. The van der Waals surface area contributed by atoms with Crippen LogP contribution in [0.25, 0.3) is 0 Å². The van der Waals surface area contributed by atoms with Crippen LogP contribution in [0.3, 0.4) is 0 Å². The first-order chi connectivity index (χ1) is 4.70. The molecule has 0 rings (SSSR count). The molecule has 0 aromatic heterocycles. The number of halogens is 2. The summed E-state index contributed by atoms with van der Waals surface area (Å²) < 4.78 is 21.4. The molecule has 0 atom stereocenters. The van der Waals surface area contributed by atoms with Crippen LogP contribution in [0.1, 0.15) is 0 Å². The van der Waals surface area contributed by atoms with Crippen LogP contribution in [-0.4, -0.2) is 12.2 Å². The molecule has 0 aromatic carbocycles. The molecule has 0 N–H and O–H groups in total. The van der Waals surface area contributed by atoms with Crippen molar-refractivity contribution in [2.45, 2.75) is 0 Å². The number of rotatable bonds is 0. The van der Waals surface area contributed by atoms with Gasteiger partial charge in [0.15, 0.2) is 0 Å². The Balaban J connectivity index is 3.75. The molecule has 0 spiro atoms. The predicted octanol–water partition coefficient (Wildman–Crippen LogP) is 1.48.